The Bertz CT molecular complexity index is 1350. The summed E-state index contributed by atoms with van der Waals surface area (Å²) in [7, 11) is 0. The van der Waals surface area contributed by atoms with Crippen molar-refractivity contribution in [3.05, 3.63) is 83.4 Å². The highest BCUT2D eigenvalue weighted by Crippen LogP contribution is 2.43. The number of Topliss-reactive ketones (excluding diaryl/α,β-unsaturated/α-hetero) is 1. The van der Waals surface area contributed by atoms with Gasteiger partial charge in [0.15, 0.2) is 11.5 Å². The number of ether oxygens (including phenoxy) is 4. The molecule has 5 rings (SSSR count). The largest absolute Gasteiger partial charge is 0.507 e. The summed E-state index contributed by atoms with van der Waals surface area (Å²) < 4.78 is 22.3. The van der Waals surface area contributed by atoms with Crippen LogP contribution >= 0.6 is 0 Å². The number of nitrogens with zero attached hydrogens (tertiary/aromatic N) is 1. The molecule has 1 atom stereocenters. The number of aliphatic hydroxyl groups is 1. The highest BCUT2D eigenvalue weighted by molar-refractivity contribution is 6.51. The van der Waals surface area contributed by atoms with Gasteiger partial charge in [-0.3, -0.25) is 14.5 Å². The van der Waals surface area contributed by atoms with E-state index in [2.05, 4.69) is 0 Å². The van der Waals surface area contributed by atoms with Crippen LogP contribution in [-0.4, -0.2) is 43.2 Å². The third-order valence-electron chi connectivity index (χ3n) is 6.19. The van der Waals surface area contributed by atoms with Crippen molar-refractivity contribution >= 4 is 23.1 Å². The van der Waals surface area contributed by atoms with Gasteiger partial charge in [-0.05, 0) is 74.0 Å². The molecule has 1 amide bonds. The molecule has 3 aromatic carbocycles. The minimum absolute atomic E-state index is 0.0141. The minimum Gasteiger partial charge on any atom is -0.507 e. The molecular weight excluding hydrogens is 474 g/mol. The Kier molecular flexibility index (Phi) is 6.72. The molecule has 8 nitrogen and oxygen atoms in total. The number of ketones is 1. The average molecular weight is 502 g/mol. The van der Waals surface area contributed by atoms with E-state index in [0.717, 1.165) is 0 Å². The van der Waals surface area contributed by atoms with Gasteiger partial charge in [0.2, 0.25) is 0 Å². The lowest BCUT2D eigenvalue weighted by molar-refractivity contribution is -0.132. The maximum atomic E-state index is 13.4. The Morgan fingerprint density at radius 1 is 0.865 bits per heavy atom. The molecule has 1 saturated heterocycles. The molecule has 1 unspecified atom stereocenters. The number of fused-ring (bicyclic) bond motifs is 1. The molecule has 37 heavy (non-hydrogen) atoms. The van der Waals surface area contributed by atoms with Crippen LogP contribution in [0.15, 0.2) is 72.3 Å². The molecule has 8 heteroatoms. The van der Waals surface area contributed by atoms with Crippen molar-refractivity contribution in [1.82, 2.24) is 0 Å². The van der Waals surface area contributed by atoms with E-state index < -0.39 is 17.7 Å². The summed E-state index contributed by atoms with van der Waals surface area (Å²) >= 11 is 0. The van der Waals surface area contributed by atoms with Gasteiger partial charge >= 0.3 is 0 Å². The molecule has 0 bridgehead atoms. The van der Waals surface area contributed by atoms with E-state index in [9.17, 15) is 14.7 Å². The van der Waals surface area contributed by atoms with Gasteiger partial charge in [0.25, 0.3) is 11.7 Å². The summed E-state index contributed by atoms with van der Waals surface area (Å²) in [5.74, 6) is 0.534. The van der Waals surface area contributed by atoms with Crippen molar-refractivity contribution in [2.75, 3.05) is 31.3 Å². The van der Waals surface area contributed by atoms with Gasteiger partial charge in [0, 0.05) is 11.3 Å². The van der Waals surface area contributed by atoms with Crippen LogP contribution in [-0.2, 0) is 9.59 Å². The number of hydrogen-bond donors (Lipinski definition) is 1. The number of amides is 1. The summed E-state index contributed by atoms with van der Waals surface area (Å²) in [5.41, 5.74) is 1.49. The second-order valence-electron chi connectivity index (χ2n) is 8.46. The smallest absolute Gasteiger partial charge is 0.300 e. The van der Waals surface area contributed by atoms with Gasteiger partial charge < -0.3 is 24.1 Å². The Morgan fingerprint density at radius 3 is 2.08 bits per heavy atom. The average Bonchev–Trinajstić information content (AvgIpc) is 3.19. The van der Waals surface area contributed by atoms with E-state index in [1.54, 1.807) is 66.7 Å². The zero-order valence-electron chi connectivity index (χ0n) is 20.6. The van der Waals surface area contributed by atoms with E-state index in [1.807, 2.05) is 13.8 Å². The number of benzene rings is 3. The van der Waals surface area contributed by atoms with Crippen molar-refractivity contribution in [2.45, 2.75) is 19.9 Å². The lowest BCUT2D eigenvalue weighted by atomic mass is 9.95. The van der Waals surface area contributed by atoms with E-state index in [1.165, 1.54) is 4.90 Å². The summed E-state index contributed by atoms with van der Waals surface area (Å²) in [4.78, 5) is 28.2. The SMILES string of the molecule is CCOc1ccc(C2/C(=C(/O)c3ccc4c(c3)OCCO4)C(=O)C(=O)N2c2ccc(OCC)cc2)cc1. The fourth-order valence-corrected chi connectivity index (χ4v) is 4.54. The van der Waals surface area contributed by atoms with Crippen LogP contribution in [0.4, 0.5) is 5.69 Å². The van der Waals surface area contributed by atoms with Crippen LogP contribution in [0.3, 0.4) is 0 Å². The topological polar surface area (TPSA) is 94.5 Å². The molecule has 190 valence electrons. The van der Waals surface area contributed by atoms with Gasteiger partial charge in [-0.2, -0.15) is 0 Å². The fraction of sp³-hybridized carbons (Fsp3) is 0.241. The number of carbonyl (C=O) groups excluding carboxylic acids is 2. The first-order chi connectivity index (χ1) is 18.0. The van der Waals surface area contributed by atoms with Crippen LogP contribution in [0.1, 0.15) is 31.0 Å². The lowest BCUT2D eigenvalue weighted by Crippen LogP contribution is -2.29. The van der Waals surface area contributed by atoms with Crippen LogP contribution < -0.4 is 23.8 Å². The number of rotatable bonds is 7. The van der Waals surface area contributed by atoms with Crippen LogP contribution in [0.5, 0.6) is 23.0 Å². The Balaban J connectivity index is 1.63. The molecule has 2 aliphatic heterocycles. The number of aliphatic hydroxyl groups excluding tert-OH is 1. The van der Waals surface area contributed by atoms with Gasteiger partial charge in [-0.15, -0.1) is 0 Å². The van der Waals surface area contributed by atoms with E-state index in [4.69, 9.17) is 18.9 Å². The minimum atomic E-state index is -0.859. The molecule has 0 aromatic heterocycles. The van der Waals surface area contributed by atoms with E-state index >= 15 is 0 Å². The van der Waals surface area contributed by atoms with E-state index in [-0.39, 0.29) is 11.3 Å². The van der Waals surface area contributed by atoms with Crippen molar-refractivity contribution in [3.8, 4) is 23.0 Å². The molecule has 0 spiro atoms. The molecule has 1 fully saturated rings. The lowest BCUT2D eigenvalue weighted by Gasteiger charge is -2.26. The fourth-order valence-electron chi connectivity index (χ4n) is 4.54. The second-order valence-corrected chi connectivity index (χ2v) is 8.46. The summed E-state index contributed by atoms with van der Waals surface area (Å²) in [5, 5.41) is 11.4. The maximum Gasteiger partial charge on any atom is 0.300 e. The maximum absolute atomic E-state index is 13.4. The Labute approximate surface area is 214 Å². The monoisotopic (exact) mass is 501 g/mol. The summed E-state index contributed by atoms with van der Waals surface area (Å²) in [6.07, 6.45) is 0. The van der Waals surface area contributed by atoms with Crippen molar-refractivity contribution in [1.29, 1.82) is 0 Å². The highest BCUT2D eigenvalue weighted by atomic mass is 16.6. The standard InChI is InChI=1S/C29H27NO7/c1-3-34-21-10-5-18(6-11-21)26-25(27(31)19-7-14-23-24(17-19)37-16-15-36-23)28(32)29(33)30(26)20-8-12-22(13-9-20)35-4-2/h5-14,17,26,31H,3-4,15-16H2,1-2H3/b27-25-. The first kappa shape index (κ1) is 24.2. The van der Waals surface area contributed by atoms with Gasteiger partial charge in [0.1, 0.15) is 30.5 Å². The zero-order chi connectivity index (χ0) is 25.9. The number of anilines is 1. The summed E-state index contributed by atoms with van der Waals surface area (Å²) in [6.45, 7) is 5.60. The quantitative estimate of drug-likeness (QED) is 0.280. The first-order valence-corrected chi connectivity index (χ1v) is 12.2. The van der Waals surface area contributed by atoms with Gasteiger partial charge in [-0.25, -0.2) is 0 Å². The Hall–Kier alpha value is -4.46. The molecule has 2 heterocycles. The van der Waals surface area contributed by atoms with Crippen LogP contribution in [0.25, 0.3) is 5.76 Å². The van der Waals surface area contributed by atoms with Crippen molar-refractivity contribution in [2.24, 2.45) is 0 Å². The normalized spacial score (nSPS) is 18.1. The third-order valence-corrected chi connectivity index (χ3v) is 6.19. The summed E-state index contributed by atoms with van der Waals surface area (Å²) in [6, 6.07) is 18.2. The molecule has 1 N–H and O–H groups in total. The van der Waals surface area contributed by atoms with Crippen LogP contribution in [0, 0.1) is 0 Å². The molecular formula is C29H27NO7. The molecule has 0 radical (unpaired) electrons. The predicted molar refractivity (Wildman–Crippen MR) is 137 cm³/mol. The van der Waals surface area contributed by atoms with Gasteiger partial charge in [-0.1, -0.05) is 12.1 Å². The zero-order valence-corrected chi connectivity index (χ0v) is 20.6. The number of hydrogen-bond acceptors (Lipinski definition) is 7. The molecule has 3 aromatic rings. The van der Waals surface area contributed by atoms with E-state index in [0.29, 0.717) is 66.2 Å². The number of carbonyl (C=O) groups is 2. The van der Waals surface area contributed by atoms with Crippen molar-refractivity contribution in [3.63, 3.8) is 0 Å². The van der Waals surface area contributed by atoms with Gasteiger partial charge in [0.05, 0.1) is 24.8 Å². The molecule has 2 aliphatic rings. The first-order valence-electron chi connectivity index (χ1n) is 12.2. The van der Waals surface area contributed by atoms with Crippen LogP contribution in [0.2, 0.25) is 0 Å². The predicted octanol–water partition coefficient (Wildman–Crippen LogP) is 4.88. The Morgan fingerprint density at radius 2 is 1.46 bits per heavy atom. The third kappa shape index (κ3) is 4.58. The highest BCUT2D eigenvalue weighted by Gasteiger charge is 2.47. The molecule has 0 saturated carbocycles. The second kappa shape index (κ2) is 10.3. The molecule has 0 aliphatic carbocycles. The van der Waals surface area contributed by atoms with Crippen molar-refractivity contribution < 1.29 is 33.6 Å².